The molecular formula is C13H12B4ClNO. The van der Waals surface area contributed by atoms with Gasteiger partial charge >= 0.3 is 0 Å². The molecule has 1 aromatic carbocycles. The molecule has 1 aliphatic carbocycles. The molecule has 1 saturated carbocycles. The van der Waals surface area contributed by atoms with Gasteiger partial charge in [-0.25, -0.2) is 0 Å². The van der Waals surface area contributed by atoms with Crippen molar-refractivity contribution >= 4 is 48.8 Å². The Labute approximate surface area is 130 Å². The van der Waals surface area contributed by atoms with E-state index in [-0.39, 0.29) is 5.78 Å². The molecule has 0 bridgehead atoms. The van der Waals surface area contributed by atoms with E-state index in [4.69, 9.17) is 43.0 Å². The van der Waals surface area contributed by atoms with Gasteiger partial charge in [-0.1, -0.05) is 47.3 Å². The van der Waals surface area contributed by atoms with Gasteiger partial charge in [0.1, 0.15) is 0 Å². The van der Waals surface area contributed by atoms with E-state index in [1.54, 1.807) is 31.3 Å². The Kier molecular flexibility index (Phi) is 4.46. The highest BCUT2D eigenvalue weighted by molar-refractivity contribution is 6.39. The van der Waals surface area contributed by atoms with E-state index >= 15 is 0 Å². The first-order chi connectivity index (χ1) is 9.37. The molecule has 8 radical (unpaired) electrons. The minimum atomic E-state index is -1.23. The van der Waals surface area contributed by atoms with Crippen molar-refractivity contribution in [2.24, 2.45) is 0 Å². The summed E-state index contributed by atoms with van der Waals surface area (Å²) in [6.07, 6.45) is 0. The zero-order chi connectivity index (χ0) is 15.1. The second-order valence-corrected chi connectivity index (χ2v) is 5.52. The molecule has 5 atom stereocenters. The first-order valence-electron chi connectivity index (χ1n) is 6.38. The number of halogens is 1. The predicted molar refractivity (Wildman–Crippen MR) is 85.2 cm³/mol. The highest BCUT2D eigenvalue weighted by atomic mass is 35.5. The van der Waals surface area contributed by atoms with Gasteiger partial charge in [-0.3, -0.25) is 4.79 Å². The molecule has 7 heteroatoms. The van der Waals surface area contributed by atoms with Crippen LogP contribution in [-0.4, -0.2) is 44.2 Å². The van der Waals surface area contributed by atoms with Crippen LogP contribution < -0.4 is 5.32 Å². The SMILES string of the molecule is [B]C1C(=O)C(NC)(c2ccccc2Cl)C([B])C([B])C1[B]. The molecule has 2 rings (SSSR count). The highest BCUT2D eigenvalue weighted by Gasteiger charge is 2.52. The number of nitrogens with one attached hydrogen (secondary N) is 1. The Hall–Kier alpha value is -0.600. The first kappa shape index (κ1) is 15.8. The zero-order valence-corrected chi connectivity index (χ0v) is 12.0. The molecule has 94 valence electrons. The van der Waals surface area contributed by atoms with Gasteiger partial charge in [0, 0.05) is 5.02 Å². The number of carbonyl (C=O) groups is 1. The summed E-state index contributed by atoms with van der Waals surface area (Å²) < 4.78 is 0. The average molecular weight is 277 g/mol. The topological polar surface area (TPSA) is 29.1 Å². The fourth-order valence-electron chi connectivity index (χ4n) is 2.89. The fourth-order valence-corrected chi connectivity index (χ4v) is 3.17. The molecule has 1 N–H and O–H groups in total. The average Bonchev–Trinajstić information content (AvgIpc) is 2.46. The van der Waals surface area contributed by atoms with E-state index in [1.165, 1.54) is 0 Å². The number of likely N-dealkylation sites (N-methyl/N-ethyl adjacent to an activating group) is 1. The molecule has 0 spiro atoms. The van der Waals surface area contributed by atoms with E-state index in [0.29, 0.717) is 10.6 Å². The van der Waals surface area contributed by atoms with E-state index < -0.39 is 28.8 Å². The third kappa shape index (κ3) is 2.08. The first-order valence-corrected chi connectivity index (χ1v) is 6.76. The van der Waals surface area contributed by atoms with Crippen molar-refractivity contribution in [3.63, 3.8) is 0 Å². The summed E-state index contributed by atoms with van der Waals surface area (Å²) in [5, 5.41) is 3.41. The predicted octanol–water partition coefficient (Wildman–Crippen LogP) is 1.17. The number of rotatable bonds is 2. The lowest BCUT2D eigenvalue weighted by Gasteiger charge is -2.51. The maximum Gasteiger partial charge on any atom is 0.150 e. The molecule has 5 unspecified atom stereocenters. The number of benzene rings is 1. The Balaban J connectivity index is 2.64. The minimum absolute atomic E-state index is 0.296. The van der Waals surface area contributed by atoms with E-state index in [2.05, 4.69) is 5.32 Å². The van der Waals surface area contributed by atoms with Gasteiger partial charge in [0.15, 0.2) is 5.78 Å². The second kappa shape index (κ2) is 5.65. The summed E-state index contributed by atoms with van der Waals surface area (Å²) in [6, 6.07) is 7.00. The van der Waals surface area contributed by atoms with Crippen LogP contribution in [0.5, 0.6) is 0 Å². The maximum absolute atomic E-state index is 12.7. The Morgan fingerprint density at radius 2 is 1.75 bits per heavy atom. The molecule has 0 aromatic heterocycles. The van der Waals surface area contributed by atoms with Crippen LogP contribution in [0.3, 0.4) is 0 Å². The molecule has 0 aliphatic heterocycles. The van der Waals surface area contributed by atoms with Crippen LogP contribution in [0.1, 0.15) is 5.56 Å². The second-order valence-electron chi connectivity index (χ2n) is 5.11. The van der Waals surface area contributed by atoms with Gasteiger partial charge in [-0.05, 0) is 24.5 Å². The lowest BCUT2D eigenvalue weighted by Crippen LogP contribution is -2.57. The largest absolute Gasteiger partial charge is 0.305 e. The Bertz CT molecular complexity index is 529. The molecule has 1 aromatic rings. The van der Waals surface area contributed by atoms with Crippen LogP contribution in [-0.2, 0) is 10.3 Å². The quantitative estimate of drug-likeness (QED) is 0.822. The number of carbonyl (C=O) groups excluding carboxylic acids is 1. The van der Waals surface area contributed by atoms with Crippen LogP contribution in [0.4, 0.5) is 0 Å². The van der Waals surface area contributed by atoms with Gasteiger partial charge in [-0.15, -0.1) is 0 Å². The van der Waals surface area contributed by atoms with Crippen molar-refractivity contribution in [2.45, 2.75) is 28.8 Å². The molecule has 20 heavy (non-hydrogen) atoms. The molecule has 0 heterocycles. The third-order valence-electron chi connectivity index (χ3n) is 4.16. The number of hydrogen-bond donors (Lipinski definition) is 1. The van der Waals surface area contributed by atoms with Gasteiger partial charge < -0.3 is 5.32 Å². The highest BCUT2D eigenvalue weighted by Crippen LogP contribution is 2.55. The van der Waals surface area contributed by atoms with Crippen molar-refractivity contribution in [3.8, 4) is 0 Å². The molecule has 2 nitrogen and oxygen atoms in total. The molecular weight excluding hydrogens is 265 g/mol. The van der Waals surface area contributed by atoms with Crippen molar-refractivity contribution in [1.29, 1.82) is 0 Å². The van der Waals surface area contributed by atoms with Crippen molar-refractivity contribution in [1.82, 2.24) is 5.32 Å². The summed E-state index contributed by atoms with van der Waals surface area (Å²) in [5.74, 6) is -3.22. The fraction of sp³-hybridized carbons (Fsp3) is 0.462. The summed E-state index contributed by atoms with van der Waals surface area (Å²) in [6.45, 7) is 0. The summed E-state index contributed by atoms with van der Waals surface area (Å²) in [7, 11) is 25.7. The van der Waals surface area contributed by atoms with Crippen LogP contribution in [0.25, 0.3) is 0 Å². The van der Waals surface area contributed by atoms with Crippen LogP contribution >= 0.6 is 11.6 Å². The number of hydrogen-bond acceptors (Lipinski definition) is 2. The van der Waals surface area contributed by atoms with E-state index in [1.807, 2.05) is 0 Å². The minimum Gasteiger partial charge on any atom is -0.305 e. The van der Waals surface area contributed by atoms with E-state index in [9.17, 15) is 4.79 Å². The molecule has 1 fully saturated rings. The zero-order valence-electron chi connectivity index (χ0n) is 11.2. The molecule has 0 saturated heterocycles. The van der Waals surface area contributed by atoms with Gasteiger partial charge in [0.05, 0.1) is 36.9 Å². The van der Waals surface area contributed by atoms with Crippen LogP contribution in [0.15, 0.2) is 24.3 Å². The summed E-state index contributed by atoms with van der Waals surface area (Å²) in [4.78, 5) is 12.7. The van der Waals surface area contributed by atoms with E-state index in [0.717, 1.165) is 0 Å². The van der Waals surface area contributed by atoms with Crippen molar-refractivity contribution < 1.29 is 4.79 Å². The Morgan fingerprint density at radius 3 is 2.30 bits per heavy atom. The van der Waals surface area contributed by atoms with Gasteiger partial charge in [0.2, 0.25) is 0 Å². The van der Waals surface area contributed by atoms with Crippen LogP contribution in [0.2, 0.25) is 28.3 Å². The normalized spacial score (nSPS) is 37.8. The summed E-state index contributed by atoms with van der Waals surface area (Å²) >= 11 is 6.23. The Morgan fingerprint density at radius 1 is 1.15 bits per heavy atom. The summed E-state index contributed by atoms with van der Waals surface area (Å²) in [5.41, 5.74) is -0.660. The lowest BCUT2D eigenvalue weighted by molar-refractivity contribution is -0.127. The van der Waals surface area contributed by atoms with Crippen molar-refractivity contribution in [2.75, 3.05) is 7.05 Å². The van der Waals surface area contributed by atoms with Crippen molar-refractivity contribution in [3.05, 3.63) is 34.9 Å². The number of Topliss-reactive ketones (excluding diaryl/α,β-unsaturated/α-hetero) is 1. The third-order valence-corrected chi connectivity index (χ3v) is 4.49. The standard InChI is InChI=1S/C13H12B4ClNO/c1-19-13(6-4-2-3-5-7(6)18)11(17)9(15)8(14)10(16)12(13)20/h2-5,8-11,19H,1H3. The molecule has 1 aliphatic rings. The maximum atomic E-state index is 12.7. The smallest absolute Gasteiger partial charge is 0.150 e. The van der Waals surface area contributed by atoms with Crippen LogP contribution in [0, 0.1) is 0 Å². The number of ketones is 1. The van der Waals surface area contributed by atoms with Gasteiger partial charge in [0.25, 0.3) is 0 Å². The monoisotopic (exact) mass is 277 g/mol. The molecule has 0 amide bonds. The van der Waals surface area contributed by atoms with Gasteiger partial charge in [-0.2, -0.15) is 0 Å². The lowest BCUT2D eigenvalue weighted by atomic mass is 9.39.